The van der Waals surface area contributed by atoms with Gasteiger partial charge in [0.25, 0.3) is 5.92 Å². The summed E-state index contributed by atoms with van der Waals surface area (Å²) in [7, 11) is 0. The van der Waals surface area contributed by atoms with Crippen LogP contribution >= 0.6 is 0 Å². The lowest BCUT2D eigenvalue weighted by molar-refractivity contribution is -0.192. The molecule has 0 aromatic rings. The minimum absolute atomic E-state index is 0.00870. The molecule has 144 valence electrons. The quantitative estimate of drug-likeness (QED) is 0.665. The molecule has 3 fully saturated rings. The van der Waals surface area contributed by atoms with E-state index in [1.165, 1.54) is 0 Å². The maximum Gasteiger partial charge on any atom is 0.490 e. The van der Waals surface area contributed by atoms with Gasteiger partial charge in [-0.3, -0.25) is 4.79 Å². The van der Waals surface area contributed by atoms with E-state index in [0.29, 0.717) is 12.8 Å². The first-order chi connectivity index (χ1) is 11.3. The number of hydrogen-bond donors (Lipinski definition) is 3. The molecule has 1 saturated heterocycles. The summed E-state index contributed by atoms with van der Waals surface area (Å²) in [5.74, 6) is -6.10. The smallest absolute Gasteiger partial charge is 0.475 e. The summed E-state index contributed by atoms with van der Waals surface area (Å²) in [5.41, 5.74) is -1.41. The van der Waals surface area contributed by atoms with Crippen molar-refractivity contribution in [2.45, 2.75) is 69.1 Å². The maximum absolute atomic E-state index is 13.5. The fourth-order valence-electron chi connectivity index (χ4n) is 3.44. The van der Waals surface area contributed by atoms with Crippen LogP contribution in [0.15, 0.2) is 0 Å². The van der Waals surface area contributed by atoms with Gasteiger partial charge in [-0.25, -0.2) is 13.6 Å². The van der Waals surface area contributed by atoms with Crippen LogP contribution in [0.3, 0.4) is 0 Å². The van der Waals surface area contributed by atoms with Crippen LogP contribution in [0.25, 0.3) is 0 Å². The Hall–Kier alpha value is -1.45. The zero-order valence-electron chi connectivity index (χ0n) is 13.7. The number of carboxylic acid groups (broad SMARTS) is 1. The highest BCUT2D eigenvalue weighted by molar-refractivity contribution is 5.86. The van der Waals surface area contributed by atoms with Crippen molar-refractivity contribution < 1.29 is 36.6 Å². The summed E-state index contributed by atoms with van der Waals surface area (Å²) in [5, 5.41) is 13.5. The van der Waals surface area contributed by atoms with Crippen LogP contribution in [0.2, 0.25) is 0 Å². The molecule has 1 aliphatic heterocycles. The SMILES string of the molecule is CC(F)(F)C1(C(=O)NC2CCNC23CCC3)CC1.O=C(O)C(F)(F)F. The minimum Gasteiger partial charge on any atom is -0.475 e. The molecule has 3 rings (SSSR count). The van der Waals surface area contributed by atoms with Crippen molar-refractivity contribution in [3.05, 3.63) is 0 Å². The van der Waals surface area contributed by atoms with E-state index in [-0.39, 0.29) is 11.6 Å². The average molecular weight is 372 g/mol. The molecule has 0 radical (unpaired) electrons. The molecule has 1 atom stereocenters. The molecule has 0 aromatic heterocycles. The fourth-order valence-corrected chi connectivity index (χ4v) is 3.44. The van der Waals surface area contributed by atoms with Gasteiger partial charge in [0.1, 0.15) is 5.41 Å². The lowest BCUT2D eigenvalue weighted by atomic mass is 9.72. The number of carbonyl (C=O) groups is 2. The molecule has 3 aliphatic rings. The van der Waals surface area contributed by atoms with Crippen molar-refractivity contribution in [2.24, 2.45) is 5.41 Å². The van der Waals surface area contributed by atoms with Gasteiger partial charge in [-0.15, -0.1) is 0 Å². The summed E-state index contributed by atoms with van der Waals surface area (Å²) < 4.78 is 58.7. The van der Waals surface area contributed by atoms with Crippen LogP contribution in [-0.2, 0) is 9.59 Å². The van der Waals surface area contributed by atoms with E-state index in [4.69, 9.17) is 9.90 Å². The molecule has 2 saturated carbocycles. The van der Waals surface area contributed by atoms with Crippen molar-refractivity contribution in [2.75, 3.05) is 6.54 Å². The summed E-state index contributed by atoms with van der Waals surface area (Å²) >= 11 is 0. The predicted octanol–water partition coefficient (Wildman–Crippen LogP) is 2.46. The van der Waals surface area contributed by atoms with Gasteiger partial charge in [0, 0.05) is 18.5 Å². The molecule has 0 bridgehead atoms. The summed E-state index contributed by atoms with van der Waals surface area (Å²) in [6, 6.07) is 0.0403. The Morgan fingerprint density at radius 2 is 1.64 bits per heavy atom. The molecule has 1 amide bonds. The van der Waals surface area contributed by atoms with E-state index >= 15 is 0 Å². The highest BCUT2D eigenvalue weighted by atomic mass is 19.4. The first-order valence-corrected chi connectivity index (χ1v) is 8.08. The van der Waals surface area contributed by atoms with Gasteiger partial charge in [-0.1, -0.05) is 0 Å². The molecule has 3 N–H and O–H groups in total. The number of aliphatic carboxylic acids is 1. The van der Waals surface area contributed by atoms with Gasteiger partial charge in [0.2, 0.25) is 5.91 Å². The second kappa shape index (κ2) is 6.37. The lowest BCUT2D eigenvalue weighted by Gasteiger charge is -2.44. The first kappa shape index (κ1) is 19.9. The first-order valence-electron chi connectivity index (χ1n) is 8.08. The van der Waals surface area contributed by atoms with Gasteiger partial charge in [-0.05, 0) is 45.1 Å². The van der Waals surface area contributed by atoms with Gasteiger partial charge in [0.15, 0.2) is 0 Å². The largest absolute Gasteiger partial charge is 0.490 e. The normalized spacial score (nSPS) is 26.2. The molecule has 2 aliphatic carbocycles. The van der Waals surface area contributed by atoms with Crippen LogP contribution in [0, 0.1) is 5.41 Å². The third kappa shape index (κ3) is 3.88. The highest BCUT2D eigenvalue weighted by Gasteiger charge is 2.65. The number of carbonyl (C=O) groups excluding carboxylic acids is 1. The molecule has 1 heterocycles. The molecular weight excluding hydrogens is 351 g/mol. The third-order valence-corrected chi connectivity index (χ3v) is 5.40. The molecule has 1 unspecified atom stereocenters. The monoisotopic (exact) mass is 372 g/mol. The van der Waals surface area contributed by atoms with Crippen molar-refractivity contribution in [3.63, 3.8) is 0 Å². The topological polar surface area (TPSA) is 78.4 Å². The third-order valence-electron chi connectivity index (χ3n) is 5.40. The van der Waals surface area contributed by atoms with Crippen LogP contribution in [-0.4, -0.2) is 47.2 Å². The van der Waals surface area contributed by atoms with Gasteiger partial charge in [-0.2, -0.15) is 13.2 Å². The summed E-state index contributed by atoms with van der Waals surface area (Å²) in [4.78, 5) is 21.0. The summed E-state index contributed by atoms with van der Waals surface area (Å²) in [6.45, 7) is 1.74. The van der Waals surface area contributed by atoms with Gasteiger partial charge in [0.05, 0.1) is 0 Å². The Morgan fingerprint density at radius 3 is 1.96 bits per heavy atom. The second-order valence-corrected chi connectivity index (χ2v) is 7.02. The second-order valence-electron chi connectivity index (χ2n) is 7.02. The van der Waals surface area contributed by atoms with E-state index in [9.17, 15) is 26.7 Å². The van der Waals surface area contributed by atoms with E-state index in [2.05, 4.69) is 10.6 Å². The molecule has 25 heavy (non-hydrogen) atoms. The number of carboxylic acids is 1. The predicted molar refractivity (Wildman–Crippen MR) is 77.1 cm³/mol. The molecular formula is C15H21F5N2O3. The minimum atomic E-state index is -5.08. The fraction of sp³-hybridized carbons (Fsp3) is 0.867. The van der Waals surface area contributed by atoms with E-state index < -0.39 is 29.4 Å². The van der Waals surface area contributed by atoms with Crippen LogP contribution in [0.1, 0.15) is 45.4 Å². The Balaban J connectivity index is 0.000000277. The number of rotatable bonds is 3. The van der Waals surface area contributed by atoms with Gasteiger partial charge >= 0.3 is 12.1 Å². The van der Waals surface area contributed by atoms with Crippen molar-refractivity contribution in [1.82, 2.24) is 10.6 Å². The van der Waals surface area contributed by atoms with Crippen molar-refractivity contribution in [3.8, 4) is 0 Å². The number of nitrogens with one attached hydrogen (secondary N) is 2. The Kier molecular flexibility index (Phi) is 5.06. The van der Waals surface area contributed by atoms with E-state index in [0.717, 1.165) is 39.2 Å². The molecule has 0 aromatic carbocycles. The average Bonchev–Trinajstić information content (AvgIpc) is 3.13. The Morgan fingerprint density at radius 1 is 1.12 bits per heavy atom. The number of amides is 1. The van der Waals surface area contributed by atoms with Crippen molar-refractivity contribution in [1.29, 1.82) is 0 Å². The standard InChI is InChI=1S/C13H20F2N2O.C2HF3O2/c1-11(14,15)12(6-7-12)10(18)17-9-3-8-16-13(9)4-2-5-13;3-2(4,5)1(6)7/h9,16H,2-8H2,1H3,(H,17,18);(H,6,7). The zero-order chi connectivity index (χ0) is 19.1. The lowest BCUT2D eigenvalue weighted by Crippen LogP contribution is -2.60. The number of alkyl halides is 5. The molecule has 10 heteroatoms. The van der Waals surface area contributed by atoms with E-state index in [1.54, 1.807) is 0 Å². The van der Waals surface area contributed by atoms with Crippen LogP contribution < -0.4 is 10.6 Å². The van der Waals surface area contributed by atoms with E-state index in [1.807, 2.05) is 0 Å². The number of hydrogen-bond acceptors (Lipinski definition) is 3. The molecule has 1 spiro atoms. The highest BCUT2D eigenvalue weighted by Crippen LogP contribution is 2.57. The zero-order valence-corrected chi connectivity index (χ0v) is 13.7. The number of halogens is 5. The maximum atomic E-state index is 13.5. The van der Waals surface area contributed by atoms with Crippen LogP contribution in [0.5, 0.6) is 0 Å². The summed E-state index contributed by atoms with van der Waals surface area (Å²) in [6.07, 6.45) is -0.336. The van der Waals surface area contributed by atoms with Gasteiger partial charge < -0.3 is 15.7 Å². The van der Waals surface area contributed by atoms with Crippen molar-refractivity contribution >= 4 is 11.9 Å². The Bertz CT molecular complexity index is 536. The molecule has 5 nitrogen and oxygen atoms in total. The Labute approximate surface area is 141 Å². The van der Waals surface area contributed by atoms with Crippen LogP contribution in [0.4, 0.5) is 22.0 Å².